The predicted molar refractivity (Wildman–Crippen MR) is 105 cm³/mol. The number of aryl methyl sites for hydroxylation is 1. The van der Waals surface area contributed by atoms with Gasteiger partial charge in [0.2, 0.25) is 0 Å². The van der Waals surface area contributed by atoms with E-state index in [-0.39, 0.29) is 17.5 Å². The van der Waals surface area contributed by atoms with Crippen molar-refractivity contribution >= 4 is 17.8 Å². The Morgan fingerprint density at radius 1 is 0.897 bits per heavy atom. The van der Waals surface area contributed by atoms with Gasteiger partial charge in [0.1, 0.15) is 0 Å². The van der Waals surface area contributed by atoms with Crippen LogP contribution in [-0.4, -0.2) is 36.1 Å². The minimum atomic E-state index is -0.629. The summed E-state index contributed by atoms with van der Waals surface area (Å²) in [4.78, 5) is 41.6. The Kier molecular flexibility index (Phi) is 6.49. The van der Waals surface area contributed by atoms with Gasteiger partial charge in [-0.1, -0.05) is 23.3 Å². The van der Waals surface area contributed by atoms with Gasteiger partial charge in [-0.2, -0.15) is 0 Å². The molecule has 0 radical (unpaired) electrons. The summed E-state index contributed by atoms with van der Waals surface area (Å²) in [6.07, 6.45) is 1.19. The fourth-order valence-electron chi connectivity index (χ4n) is 3.09. The molecule has 7 heteroatoms. The molecule has 0 aliphatic carbocycles. The van der Waals surface area contributed by atoms with Crippen molar-refractivity contribution in [1.29, 1.82) is 0 Å². The lowest BCUT2D eigenvalue weighted by Crippen LogP contribution is -2.32. The van der Waals surface area contributed by atoms with Crippen molar-refractivity contribution in [2.75, 3.05) is 13.2 Å². The van der Waals surface area contributed by atoms with Gasteiger partial charge in [0.25, 0.3) is 11.8 Å². The second kappa shape index (κ2) is 9.23. The topological polar surface area (TPSA) is 82.1 Å². The first-order chi connectivity index (χ1) is 14.0. The summed E-state index contributed by atoms with van der Waals surface area (Å²) in [5.74, 6) is -0.516. The zero-order valence-corrected chi connectivity index (χ0v) is 16.5. The number of carbonyl (C=O) groups is 3. The Hall–Kier alpha value is -3.35. The van der Waals surface area contributed by atoms with E-state index < -0.39 is 17.8 Å². The number of ether oxygens (including phenoxy) is 2. The highest BCUT2D eigenvalue weighted by Gasteiger charge is 2.38. The second-order valence-electron chi connectivity index (χ2n) is 6.41. The molecular weight excluding hydrogens is 374 g/mol. The Balaban J connectivity index is 1.54. The van der Waals surface area contributed by atoms with Gasteiger partial charge in [0.15, 0.2) is 11.5 Å². The molecule has 29 heavy (non-hydrogen) atoms. The van der Waals surface area contributed by atoms with Crippen molar-refractivity contribution in [2.24, 2.45) is 0 Å². The summed E-state index contributed by atoms with van der Waals surface area (Å²) in [6, 6.07) is 12.0. The van der Waals surface area contributed by atoms with Gasteiger partial charge in [0.05, 0.1) is 24.3 Å². The average molecular weight is 397 g/mol. The molecule has 2 amide bonds. The second-order valence-corrected chi connectivity index (χ2v) is 6.41. The summed E-state index contributed by atoms with van der Waals surface area (Å²) in [5.41, 5.74) is 1.47. The van der Waals surface area contributed by atoms with Crippen LogP contribution in [0.1, 0.15) is 53.0 Å². The number of hydroxylamine groups is 2. The zero-order chi connectivity index (χ0) is 20.8. The smallest absolute Gasteiger partial charge is 0.333 e. The van der Waals surface area contributed by atoms with E-state index in [1.165, 1.54) is 12.1 Å². The fraction of sp³-hybridized carbons (Fsp3) is 0.318. The van der Waals surface area contributed by atoms with Crippen molar-refractivity contribution in [3.8, 4) is 11.5 Å². The average Bonchev–Trinajstić information content (AvgIpc) is 2.95. The van der Waals surface area contributed by atoms with E-state index in [4.69, 9.17) is 14.3 Å². The number of rotatable bonds is 9. The number of carbonyl (C=O) groups excluding carboxylic acids is 3. The third kappa shape index (κ3) is 4.56. The van der Waals surface area contributed by atoms with Gasteiger partial charge in [-0.05, 0) is 56.5 Å². The maximum Gasteiger partial charge on any atom is 0.333 e. The molecule has 2 aromatic rings. The van der Waals surface area contributed by atoms with E-state index >= 15 is 0 Å². The highest BCUT2D eigenvalue weighted by molar-refractivity contribution is 6.20. The Morgan fingerprint density at radius 2 is 1.52 bits per heavy atom. The molecule has 2 aromatic carbocycles. The lowest BCUT2D eigenvalue weighted by Gasteiger charge is -2.13. The van der Waals surface area contributed by atoms with Crippen molar-refractivity contribution in [3.05, 3.63) is 59.2 Å². The number of amides is 2. The molecule has 0 saturated carbocycles. The van der Waals surface area contributed by atoms with Crippen molar-refractivity contribution < 1.29 is 28.7 Å². The third-order valence-electron chi connectivity index (χ3n) is 4.40. The largest absolute Gasteiger partial charge is 0.490 e. The van der Waals surface area contributed by atoms with E-state index in [0.29, 0.717) is 42.6 Å². The number of benzene rings is 2. The number of hydrogen-bond acceptors (Lipinski definition) is 6. The first-order valence-corrected chi connectivity index (χ1v) is 9.62. The van der Waals surface area contributed by atoms with Gasteiger partial charge in [-0.25, -0.2) is 4.79 Å². The summed E-state index contributed by atoms with van der Waals surface area (Å²) in [5, 5.41) is 0.539. The van der Waals surface area contributed by atoms with Crippen LogP contribution in [0.5, 0.6) is 11.5 Å². The minimum Gasteiger partial charge on any atom is -0.490 e. The molecule has 3 rings (SSSR count). The first kappa shape index (κ1) is 20.4. The normalized spacial score (nSPS) is 12.7. The molecule has 152 valence electrons. The Labute approximate surface area is 169 Å². The van der Waals surface area contributed by atoms with Crippen LogP contribution in [0.3, 0.4) is 0 Å². The monoisotopic (exact) mass is 397 g/mol. The predicted octanol–water partition coefficient (Wildman–Crippen LogP) is 3.56. The summed E-state index contributed by atoms with van der Waals surface area (Å²) in [7, 11) is 0. The lowest BCUT2D eigenvalue weighted by molar-refractivity contribution is -0.168. The number of imide groups is 1. The van der Waals surface area contributed by atoms with Crippen LogP contribution < -0.4 is 9.47 Å². The molecule has 1 aliphatic heterocycles. The standard InChI is InChI=1S/C22H23NO6/c1-3-27-18-13-12-15(14-19(18)28-4-2)8-7-11-20(24)29-23-21(25)16-9-5-6-10-17(16)22(23)26/h5-6,9-10,12-14H,3-4,7-8,11H2,1-2H3. The van der Waals surface area contributed by atoms with Crippen LogP contribution in [0.4, 0.5) is 0 Å². The van der Waals surface area contributed by atoms with Crippen LogP contribution in [-0.2, 0) is 16.1 Å². The molecular formula is C22H23NO6. The quantitative estimate of drug-likeness (QED) is 0.602. The molecule has 1 aliphatic rings. The highest BCUT2D eigenvalue weighted by atomic mass is 16.7. The van der Waals surface area contributed by atoms with Crippen LogP contribution in [0.25, 0.3) is 0 Å². The van der Waals surface area contributed by atoms with Gasteiger partial charge < -0.3 is 14.3 Å². The van der Waals surface area contributed by atoms with Crippen LogP contribution in [0, 0.1) is 0 Å². The van der Waals surface area contributed by atoms with Gasteiger partial charge in [-0.15, -0.1) is 0 Å². The molecule has 0 unspecified atom stereocenters. The summed E-state index contributed by atoms with van der Waals surface area (Å²) in [6.45, 7) is 4.88. The number of fused-ring (bicyclic) bond motifs is 1. The number of hydrogen-bond donors (Lipinski definition) is 0. The van der Waals surface area contributed by atoms with E-state index in [2.05, 4.69) is 0 Å². The summed E-state index contributed by atoms with van der Waals surface area (Å²) >= 11 is 0. The summed E-state index contributed by atoms with van der Waals surface area (Å²) < 4.78 is 11.1. The third-order valence-corrected chi connectivity index (χ3v) is 4.40. The van der Waals surface area contributed by atoms with E-state index in [9.17, 15) is 14.4 Å². The lowest BCUT2D eigenvalue weighted by atomic mass is 10.1. The molecule has 0 saturated heterocycles. The first-order valence-electron chi connectivity index (χ1n) is 9.62. The van der Waals surface area contributed by atoms with Crippen LogP contribution >= 0.6 is 0 Å². The van der Waals surface area contributed by atoms with Gasteiger partial charge in [-0.3, -0.25) is 9.59 Å². The number of nitrogens with zero attached hydrogens (tertiary/aromatic N) is 1. The van der Waals surface area contributed by atoms with Crippen molar-refractivity contribution in [3.63, 3.8) is 0 Å². The van der Waals surface area contributed by atoms with Crippen LogP contribution in [0.2, 0.25) is 0 Å². The minimum absolute atomic E-state index is 0.0740. The van der Waals surface area contributed by atoms with E-state index in [0.717, 1.165) is 5.56 Å². The molecule has 1 heterocycles. The van der Waals surface area contributed by atoms with Gasteiger partial charge in [0, 0.05) is 6.42 Å². The van der Waals surface area contributed by atoms with Gasteiger partial charge >= 0.3 is 5.97 Å². The molecule has 0 spiro atoms. The highest BCUT2D eigenvalue weighted by Crippen LogP contribution is 2.29. The van der Waals surface area contributed by atoms with E-state index in [1.54, 1.807) is 12.1 Å². The molecule has 0 N–H and O–H groups in total. The molecule has 7 nitrogen and oxygen atoms in total. The molecule has 0 aromatic heterocycles. The Morgan fingerprint density at radius 3 is 2.14 bits per heavy atom. The Bertz CT molecular complexity index is 888. The zero-order valence-electron chi connectivity index (χ0n) is 16.5. The van der Waals surface area contributed by atoms with Crippen molar-refractivity contribution in [1.82, 2.24) is 5.06 Å². The molecule has 0 fully saturated rings. The maximum atomic E-state index is 12.2. The van der Waals surface area contributed by atoms with Crippen molar-refractivity contribution in [2.45, 2.75) is 33.1 Å². The van der Waals surface area contributed by atoms with Crippen LogP contribution in [0.15, 0.2) is 42.5 Å². The molecule has 0 atom stereocenters. The SMILES string of the molecule is CCOc1ccc(CCCC(=O)ON2C(=O)c3ccccc3C2=O)cc1OCC. The molecule has 0 bridgehead atoms. The fourth-order valence-corrected chi connectivity index (χ4v) is 3.09. The maximum absolute atomic E-state index is 12.2. The van der Waals surface area contributed by atoms with E-state index in [1.807, 2.05) is 32.0 Å².